The van der Waals surface area contributed by atoms with E-state index in [1.54, 1.807) is 12.1 Å². The number of nitrogens with one attached hydrogen (secondary N) is 1. The summed E-state index contributed by atoms with van der Waals surface area (Å²) in [5.41, 5.74) is 2.06. The van der Waals surface area contributed by atoms with Crippen LogP contribution in [-0.2, 0) is 6.54 Å². The van der Waals surface area contributed by atoms with Gasteiger partial charge in [0.05, 0.1) is 20.2 Å². The molecule has 4 nitrogen and oxygen atoms in total. The number of amides is 1. The summed E-state index contributed by atoms with van der Waals surface area (Å²) in [7, 11) is 0. The van der Waals surface area contributed by atoms with Crippen molar-refractivity contribution in [2.45, 2.75) is 13.5 Å². The first-order valence-electron chi connectivity index (χ1n) is 6.60. The highest BCUT2D eigenvalue weighted by Crippen LogP contribution is 2.21. The van der Waals surface area contributed by atoms with Gasteiger partial charge in [-0.15, -0.1) is 11.3 Å². The number of aromatic nitrogens is 2. The Bertz CT molecular complexity index is 793. The fourth-order valence-corrected chi connectivity index (χ4v) is 3.24. The first-order valence-corrected chi connectivity index (χ1v) is 7.80. The van der Waals surface area contributed by atoms with Crippen LogP contribution in [0.25, 0.3) is 11.0 Å². The summed E-state index contributed by atoms with van der Waals surface area (Å²) in [6.07, 6.45) is 0. The highest BCUT2D eigenvalue weighted by Gasteiger charge is 2.09. The Labute approximate surface area is 131 Å². The van der Waals surface area contributed by atoms with E-state index in [4.69, 9.17) is 11.6 Å². The molecule has 0 spiro atoms. The molecule has 3 aromatic rings. The number of fused-ring (bicyclic) bond motifs is 1. The zero-order chi connectivity index (χ0) is 14.8. The second kappa shape index (κ2) is 5.87. The van der Waals surface area contributed by atoms with Gasteiger partial charge in [-0.2, -0.15) is 0 Å². The van der Waals surface area contributed by atoms with Gasteiger partial charge >= 0.3 is 0 Å². The number of imidazole rings is 1. The molecule has 0 saturated carbocycles. The summed E-state index contributed by atoms with van der Waals surface area (Å²) in [5.74, 6) is 0.860. The Kier molecular flexibility index (Phi) is 3.94. The fourth-order valence-electron chi connectivity index (χ4n) is 2.28. The van der Waals surface area contributed by atoms with E-state index in [1.165, 1.54) is 11.3 Å². The van der Waals surface area contributed by atoms with Crippen molar-refractivity contribution in [1.82, 2.24) is 14.9 Å². The molecule has 0 bridgehead atoms. The lowest BCUT2D eigenvalue weighted by atomic mass is 10.3. The summed E-state index contributed by atoms with van der Waals surface area (Å²) in [6.45, 7) is 3.22. The highest BCUT2D eigenvalue weighted by molar-refractivity contribution is 7.17. The predicted octanol–water partition coefficient (Wildman–Crippen LogP) is 3.49. The molecule has 21 heavy (non-hydrogen) atoms. The average Bonchev–Trinajstić information content (AvgIpc) is 3.03. The molecule has 1 amide bonds. The molecule has 2 heterocycles. The van der Waals surface area contributed by atoms with Crippen LogP contribution in [0.3, 0.4) is 0 Å². The van der Waals surface area contributed by atoms with Crippen molar-refractivity contribution >= 4 is 39.9 Å². The Morgan fingerprint density at radius 3 is 2.90 bits per heavy atom. The Morgan fingerprint density at radius 1 is 1.33 bits per heavy atom. The lowest BCUT2D eigenvalue weighted by Gasteiger charge is -2.08. The van der Waals surface area contributed by atoms with E-state index in [0.717, 1.165) is 16.9 Å². The molecule has 0 atom stereocenters. The van der Waals surface area contributed by atoms with Gasteiger partial charge < -0.3 is 9.88 Å². The summed E-state index contributed by atoms with van der Waals surface area (Å²) in [4.78, 5) is 17.1. The van der Waals surface area contributed by atoms with Crippen molar-refractivity contribution in [3.8, 4) is 0 Å². The van der Waals surface area contributed by atoms with E-state index in [-0.39, 0.29) is 5.91 Å². The molecule has 6 heteroatoms. The standard InChI is InChI=1S/C15H14ClN3OS/c1-10-18-11-4-2-3-5-12(11)19(10)9-8-17-15(20)13-6-7-14(16)21-13/h2-7H,8-9H2,1H3,(H,17,20). The quantitative estimate of drug-likeness (QED) is 0.800. The summed E-state index contributed by atoms with van der Waals surface area (Å²) in [5, 5.41) is 2.91. The second-order valence-electron chi connectivity index (χ2n) is 4.66. The Balaban J connectivity index is 1.67. The number of hydrogen-bond acceptors (Lipinski definition) is 3. The van der Waals surface area contributed by atoms with Crippen LogP contribution in [0.4, 0.5) is 0 Å². The molecule has 0 saturated heterocycles. The largest absolute Gasteiger partial charge is 0.350 e. The lowest BCUT2D eigenvalue weighted by Crippen LogP contribution is -2.26. The number of halogens is 1. The topological polar surface area (TPSA) is 46.9 Å². The average molecular weight is 320 g/mol. The van der Waals surface area contributed by atoms with Crippen molar-refractivity contribution in [3.63, 3.8) is 0 Å². The van der Waals surface area contributed by atoms with Gasteiger partial charge in [0.15, 0.2) is 0 Å². The first kappa shape index (κ1) is 14.1. The molecule has 0 fully saturated rings. The van der Waals surface area contributed by atoms with Gasteiger partial charge in [-0.25, -0.2) is 4.98 Å². The van der Waals surface area contributed by atoms with E-state index in [1.807, 2.05) is 31.2 Å². The van der Waals surface area contributed by atoms with Gasteiger partial charge in [-0.3, -0.25) is 4.79 Å². The van der Waals surface area contributed by atoms with Crippen LogP contribution in [0.15, 0.2) is 36.4 Å². The molecule has 1 aromatic carbocycles. The Hall–Kier alpha value is -1.85. The van der Waals surface area contributed by atoms with Crippen LogP contribution >= 0.6 is 22.9 Å². The second-order valence-corrected chi connectivity index (χ2v) is 6.37. The molecular weight excluding hydrogens is 306 g/mol. The number of aryl methyl sites for hydroxylation is 1. The third-order valence-corrected chi connectivity index (χ3v) is 4.49. The van der Waals surface area contributed by atoms with Crippen LogP contribution in [-0.4, -0.2) is 22.0 Å². The number of nitrogens with zero attached hydrogens (tertiary/aromatic N) is 2. The predicted molar refractivity (Wildman–Crippen MR) is 86.1 cm³/mol. The first-order chi connectivity index (χ1) is 10.1. The molecule has 0 radical (unpaired) electrons. The van der Waals surface area contributed by atoms with Crippen molar-refractivity contribution in [2.75, 3.05) is 6.54 Å². The van der Waals surface area contributed by atoms with Crippen molar-refractivity contribution in [3.05, 3.63) is 51.4 Å². The molecule has 108 valence electrons. The van der Waals surface area contributed by atoms with E-state index in [2.05, 4.69) is 14.9 Å². The third kappa shape index (κ3) is 2.94. The summed E-state index contributed by atoms with van der Waals surface area (Å²) < 4.78 is 2.73. The fraction of sp³-hybridized carbons (Fsp3) is 0.200. The van der Waals surface area contributed by atoms with Gasteiger partial charge in [-0.05, 0) is 31.2 Å². The van der Waals surface area contributed by atoms with Gasteiger partial charge in [0.25, 0.3) is 5.91 Å². The van der Waals surface area contributed by atoms with Crippen molar-refractivity contribution < 1.29 is 4.79 Å². The lowest BCUT2D eigenvalue weighted by molar-refractivity contribution is 0.0956. The molecule has 0 unspecified atom stereocenters. The maximum Gasteiger partial charge on any atom is 0.261 e. The summed E-state index contributed by atoms with van der Waals surface area (Å²) >= 11 is 7.12. The molecule has 1 N–H and O–H groups in total. The molecule has 3 rings (SSSR count). The van der Waals surface area contributed by atoms with Crippen LogP contribution in [0.1, 0.15) is 15.5 Å². The highest BCUT2D eigenvalue weighted by atomic mass is 35.5. The van der Waals surface area contributed by atoms with E-state index < -0.39 is 0 Å². The maximum atomic E-state index is 12.0. The monoisotopic (exact) mass is 319 g/mol. The van der Waals surface area contributed by atoms with Crippen molar-refractivity contribution in [2.24, 2.45) is 0 Å². The van der Waals surface area contributed by atoms with Crippen LogP contribution in [0.5, 0.6) is 0 Å². The van der Waals surface area contributed by atoms with Crippen LogP contribution in [0.2, 0.25) is 4.34 Å². The minimum absolute atomic E-state index is 0.0889. The number of para-hydroxylation sites is 2. The number of rotatable bonds is 4. The van der Waals surface area contributed by atoms with Gasteiger partial charge in [0.2, 0.25) is 0 Å². The minimum atomic E-state index is -0.0889. The Morgan fingerprint density at radius 2 is 2.14 bits per heavy atom. The third-order valence-electron chi connectivity index (χ3n) is 3.26. The SMILES string of the molecule is Cc1nc2ccccc2n1CCNC(=O)c1ccc(Cl)s1. The van der Waals surface area contributed by atoms with Crippen LogP contribution in [0, 0.1) is 6.92 Å². The molecule has 0 aliphatic carbocycles. The number of benzene rings is 1. The molecule has 2 aromatic heterocycles. The molecular formula is C15H14ClN3OS. The number of carbonyl (C=O) groups excluding carboxylic acids is 1. The molecule has 0 aliphatic heterocycles. The smallest absolute Gasteiger partial charge is 0.261 e. The molecule has 0 aliphatic rings. The van der Waals surface area contributed by atoms with Crippen molar-refractivity contribution in [1.29, 1.82) is 0 Å². The van der Waals surface area contributed by atoms with Gasteiger partial charge in [-0.1, -0.05) is 23.7 Å². The number of hydrogen-bond donors (Lipinski definition) is 1. The van der Waals surface area contributed by atoms with Gasteiger partial charge in [0.1, 0.15) is 5.82 Å². The maximum absolute atomic E-state index is 12.0. The number of thiophene rings is 1. The minimum Gasteiger partial charge on any atom is -0.350 e. The zero-order valence-electron chi connectivity index (χ0n) is 11.5. The zero-order valence-corrected chi connectivity index (χ0v) is 13.0. The van der Waals surface area contributed by atoms with Gasteiger partial charge in [0, 0.05) is 13.1 Å². The van der Waals surface area contributed by atoms with E-state index in [9.17, 15) is 4.79 Å². The normalized spacial score (nSPS) is 11.0. The number of carbonyl (C=O) groups is 1. The summed E-state index contributed by atoms with van der Waals surface area (Å²) in [6, 6.07) is 11.5. The van der Waals surface area contributed by atoms with Crippen LogP contribution < -0.4 is 5.32 Å². The van der Waals surface area contributed by atoms with E-state index in [0.29, 0.717) is 22.3 Å². The van der Waals surface area contributed by atoms with E-state index >= 15 is 0 Å².